The van der Waals surface area contributed by atoms with E-state index < -0.39 is 0 Å². The van der Waals surface area contributed by atoms with E-state index in [0.717, 1.165) is 16.9 Å². The summed E-state index contributed by atoms with van der Waals surface area (Å²) in [6.45, 7) is 5.60. The Balaban J connectivity index is 1.88. The Kier molecular flexibility index (Phi) is 6.61. The summed E-state index contributed by atoms with van der Waals surface area (Å²) in [5, 5.41) is 6.49. The van der Waals surface area contributed by atoms with E-state index in [4.69, 9.17) is 4.74 Å². The first kappa shape index (κ1) is 17.8. The van der Waals surface area contributed by atoms with Crippen LogP contribution in [0, 0.1) is 12.7 Å². The lowest BCUT2D eigenvalue weighted by Gasteiger charge is -2.13. The van der Waals surface area contributed by atoms with Gasteiger partial charge in [0.25, 0.3) is 0 Å². The summed E-state index contributed by atoms with van der Waals surface area (Å²) in [5.41, 5.74) is 2.77. The molecule has 0 unspecified atom stereocenters. The monoisotopic (exact) mass is 329 g/mol. The van der Waals surface area contributed by atoms with Crippen molar-refractivity contribution in [3.63, 3.8) is 0 Å². The Bertz CT molecular complexity index is 701. The van der Waals surface area contributed by atoms with Crippen molar-refractivity contribution in [1.29, 1.82) is 0 Å². The second-order valence-corrected chi connectivity index (χ2v) is 5.44. The maximum Gasteiger partial charge on any atom is 0.191 e. The normalized spacial score (nSPS) is 11.2. The SMILES string of the molecule is CCOc1cccc(CNC(=NC)NCc2ccc(F)c(C)c2)c1. The van der Waals surface area contributed by atoms with Crippen LogP contribution in [-0.2, 0) is 13.1 Å². The highest BCUT2D eigenvalue weighted by Crippen LogP contribution is 2.13. The highest BCUT2D eigenvalue weighted by molar-refractivity contribution is 5.79. The number of aliphatic imine (C=N–C) groups is 1. The van der Waals surface area contributed by atoms with Crippen LogP contribution in [0.15, 0.2) is 47.5 Å². The van der Waals surface area contributed by atoms with E-state index in [1.54, 1.807) is 20.0 Å². The summed E-state index contributed by atoms with van der Waals surface area (Å²) in [5.74, 6) is 1.37. The first-order chi connectivity index (χ1) is 11.6. The predicted molar refractivity (Wildman–Crippen MR) is 95.8 cm³/mol. The maximum atomic E-state index is 13.3. The third-order valence-corrected chi connectivity index (χ3v) is 3.58. The predicted octanol–water partition coefficient (Wildman–Crippen LogP) is 3.40. The van der Waals surface area contributed by atoms with E-state index in [1.165, 1.54) is 6.07 Å². The highest BCUT2D eigenvalue weighted by Gasteiger charge is 2.02. The number of hydrogen-bond donors (Lipinski definition) is 2. The molecular weight excluding hydrogens is 305 g/mol. The fourth-order valence-electron chi connectivity index (χ4n) is 2.32. The fraction of sp³-hybridized carbons (Fsp3) is 0.316. The van der Waals surface area contributed by atoms with Gasteiger partial charge in [-0.05, 0) is 48.7 Å². The Hall–Kier alpha value is -2.56. The topological polar surface area (TPSA) is 45.6 Å². The number of ether oxygens (including phenoxy) is 1. The van der Waals surface area contributed by atoms with E-state index in [0.29, 0.717) is 31.2 Å². The standard InChI is InChI=1S/C19H24FN3O/c1-4-24-17-7-5-6-15(11-17)12-22-19(21-3)23-13-16-8-9-18(20)14(2)10-16/h5-11H,4,12-13H2,1-3H3,(H2,21,22,23). The van der Waals surface area contributed by atoms with E-state index in [1.807, 2.05) is 37.3 Å². The molecule has 0 saturated heterocycles. The van der Waals surface area contributed by atoms with E-state index in [2.05, 4.69) is 15.6 Å². The Labute approximate surface area is 142 Å². The number of rotatable bonds is 6. The summed E-state index contributed by atoms with van der Waals surface area (Å²) in [4.78, 5) is 4.21. The summed E-state index contributed by atoms with van der Waals surface area (Å²) in [6.07, 6.45) is 0. The molecule has 0 fully saturated rings. The molecule has 0 spiro atoms. The van der Waals surface area contributed by atoms with E-state index in [9.17, 15) is 4.39 Å². The highest BCUT2D eigenvalue weighted by atomic mass is 19.1. The molecule has 2 rings (SSSR count). The number of nitrogens with one attached hydrogen (secondary N) is 2. The van der Waals surface area contributed by atoms with Gasteiger partial charge in [0.1, 0.15) is 11.6 Å². The summed E-state index contributed by atoms with van der Waals surface area (Å²) >= 11 is 0. The smallest absolute Gasteiger partial charge is 0.191 e. The van der Waals surface area contributed by atoms with Crippen molar-refractivity contribution in [2.45, 2.75) is 26.9 Å². The molecule has 0 aliphatic rings. The molecule has 128 valence electrons. The average Bonchev–Trinajstić information content (AvgIpc) is 2.59. The van der Waals surface area contributed by atoms with Crippen molar-refractivity contribution < 1.29 is 9.13 Å². The van der Waals surface area contributed by atoms with Crippen molar-refractivity contribution in [2.75, 3.05) is 13.7 Å². The molecule has 2 aromatic carbocycles. The number of halogens is 1. The van der Waals surface area contributed by atoms with Crippen molar-refractivity contribution in [3.05, 3.63) is 65.0 Å². The van der Waals surface area contributed by atoms with Gasteiger partial charge in [0, 0.05) is 20.1 Å². The first-order valence-electron chi connectivity index (χ1n) is 8.03. The molecule has 0 heterocycles. The van der Waals surface area contributed by atoms with Crippen LogP contribution in [0.25, 0.3) is 0 Å². The van der Waals surface area contributed by atoms with E-state index >= 15 is 0 Å². The molecule has 0 aromatic heterocycles. The van der Waals surface area contributed by atoms with Gasteiger partial charge in [0.2, 0.25) is 0 Å². The minimum atomic E-state index is -0.185. The molecule has 0 saturated carbocycles. The fourth-order valence-corrected chi connectivity index (χ4v) is 2.32. The van der Waals surface area contributed by atoms with Crippen LogP contribution in [0.4, 0.5) is 4.39 Å². The molecule has 0 bridgehead atoms. The molecule has 2 N–H and O–H groups in total. The van der Waals surface area contributed by atoms with Gasteiger partial charge in [-0.15, -0.1) is 0 Å². The molecular formula is C19H24FN3O. The molecule has 0 aliphatic carbocycles. The Morgan fingerprint density at radius 1 is 1.08 bits per heavy atom. The molecule has 0 amide bonds. The van der Waals surface area contributed by atoms with Gasteiger partial charge in [-0.1, -0.05) is 24.3 Å². The van der Waals surface area contributed by atoms with Gasteiger partial charge in [-0.2, -0.15) is 0 Å². The summed E-state index contributed by atoms with van der Waals surface area (Å²) in [7, 11) is 1.72. The second-order valence-electron chi connectivity index (χ2n) is 5.44. The van der Waals surface area contributed by atoms with Gasteiger partial charge >= 0.3 is 0 Å². The molecule has 24 heavy (non-hydrogen) atoms. The van der Waals surface area contributed by atoms with Crippen molar-refractivity contribution in [3.8, 4) is 5.75 Å². The largest absolute Gasteiger partial charge is 0.494 e. The third kappa shape index (κ3) is 5.26. The maximum absolute atomic E-state index is 13.3. The molecule has 5 heteroatoms. The first-order valence-corrected chi connectivity index (χ1v) is 8.03. The van der Waals surface area contributed by atoms with Crippen molar-refractivity contribution in [1.82, 2.24) is 10.6 Å². The second kappa shape index (κ2) is 8.91. The Morgan fingerprint density at radius 3 is 2.42 bits per heavy atom. The number of guanidine groups is 1. The van der Waals surface area contributed by atoms with Crippen molar-refractivity contribution in [2.24, 2.45) is 4.99 Å². The van der Waals surface area contributed by atoms with Crippen LogP contribution < -0.4 is 15.4 Å². The number of benzene rings is 2. The van der Waals surface area contributed by atoms with Crippen LogP contribution in [0.5, 0.6) is 5.75 Å². The number of hydrogen-bond acceptors (Lipinski definition) is 2. The zero-order valence-corrected chi connectivity index (χ0v) is 14.4. The lowest BCUT2D eigenvalue weighted by Crippen LogP contribution is -2.36. The number of aryl methyl sites for hydroxylation is 1. The zero-order valence-electron chi connectivity index (χ0n) is 14.4. The molecule has 0 radical (unpaired) electrons. The van der Waals surface area contributed by atoms with Gasteiger partial charge in [0.15, 0.2) is 5.96 Å². The average molecular weight is 329 g/mol. The van der Waals surface area contributed by atoms with Gasteiger partial charge < -0.3 is 15.4 Å². The molecule has 0 aliphatic heterocycles. The van der Waals surface area contributed by atoms with Gasteiger partial charge in [-0.3, -0.25) is 4.99 Å². The minimum absolute atomic E-state index is 0.185. The van der Waals surface area contributed by atoms with Crippen LogP contribution >= 0.6 is 0 Å². The lowest BCUT2D eigenvalue weighted by molar-refractivity contribution is 0.340. The zero-order chi connectivity index (χ0) is 17.4. The van der Waals surface area contributed by atoms with Crippen LogP contribution in [0.2, 0.25) is 0 Å². The third-order valence-electron chi connectivity index (χ3n) is 3.58. The number of nitrogens with zero attached hydrogens (tertiary/aromatic N) is 1. The van der Waals surface area contributed by atoms with E-state index in [-0.39, 0.29) is 5.82 Å². The van der Waals surface area contributed by atoms with Crippen LogP contribution in [-0.4, -0.2) is 19.6 Å². The van der Waals surface area contributed by atoms with Gasteiger partial charge in [-0.25, -0.2) is 4.39 Å². The lowest BCUT2D eigenvalue weighted by atomic mass is 10.1. The summed E-state index contributed by atoms with van der Waals surface area (Å²) < 4.78 is 18.8. The van der Waals surface area contributed by atoms with Crippen LogP contribution in [0.3, 0.4) is 0 Å². The van der Waals surface area contributed by atoms with Crippen molar-refractivity contribution >= 4 is 5.96 Å². The molecule has 2 aromatic rings. The minimum Gasteiger partial charge on any atom is -0.494 e. The van der Waals surface area contributed by atoms with Crippen LogP contribution in [0.1, 0.15) is 23.6 Å². The quantitative estimate of drug-likeness (QED) is 0.631. The molecule has 4 nitrogen and oxygen atoms in total. The van der Waals surface area contributed by atoms with Gasteiger partial charge in [0.05, 0.1) is 6.61 Å². The summed E-state index contributed by atoms with van der Waals surface area (Å²) in [6, 6.07) is 13.0. The molecule has 0 atom stereocenters. The Morgan fingerprint density at radius 2 is 1.79 bits per heavy atom.